The smallest absolute Gasteiger partial charge is 0.106 e. The molecule has 0 heterocycles. The summed E-state index contributed by atoms with van der Waals surface area (Å²) in [6.07, 6.45) is 22.3. The molecule has 0 aromatic heterocycles. The van der Waals surface area contributed by atoms with Gasteiger partial charge in [-0.1, -0.05) is 63.3 Å². The quantitative estimate of drug-likeness (QED) is 0.678. The molecule has 0 bridgehead atoms. The number of carbonyl (C=O) groups is 1. The molecule has 2 rings (SSSR count). The van der Waals surface area contributed by atoms with Crippen LogP contribution in [0.2, 0.25) is 0 Å². The Kier molecular flexibility index (Phi) is 7.00. The van der Waals surface area contributed by atoms with Gasteiger partial charge in [0.1, 0.15) is 6.79 Å². The van der Waals surface area contributed by atoms with Gasteiger partial charge in [0.05, 0.1) is 0 Å². The van der Waals surface area contributed by atoms with E-state index in [1.807, 2.05) is 6.79 Å². The number of hydrogen-bond acceptors (Lipinski definition) is 1. The van der Waals surface area contributed by atoms with Crippen molar-refractivity contribution in [2.24, 2.45) is 11.3 Å². The van der Waals surface area contributed by atoms with Crippen LogP contribution in [0.5, 0.6) is 0 Å². The van der Waals surface area contributed by atoms with Crippen molar-refractivity contribution >= 4 is 6.79 Å². The van der Waals surface area contributed by atoms with Crippen LogP contribution in [0.25, 0.3) is 0 Å². The Morgan fingerprint density at radius 3 is 2.44 bits per heavy atom. The highest BCUT2D eigenvalue weighted by Gasteiger charge is 2.35. The Morgan fingerprint density at radius 1 is 1.17 bits per heavy atom. The van der Waals surface area contributed by atoms with Gasteiger partial charge in [-0.15, -0.1) is 0 Å². The van der Waals surface area contributed by atoms with Gasteiger partial charge < -0.3 is 4.79 Å². The highest BCUT2D eigenvalue weighted by Crippen LogP contribution is 2.47. The first-order valence-corrected chi connectivity index (χ1v) is 7.50. The Morgan fingerprint density at radius 2 is 1.89 bits per heavy atom. The first-order valence-electron chi connectivity index (χ1n) is 7.50. The Hall–Kier alpha value is -0.850. The molecule has 1 nitrogen and oxygen atoms in total. The minimum atomic E-state index is 0.533. The van der Waals surface area contributed by atoms with Crippen LogP contribution in [-0.2, 0) is 4.79 Å². The molecule has 0 spiro atoms. The fourth-order valence-electron chi connectivity index (χ4n) is 3.56. The zero-order valence-electron chi connectivity index (χ0n) is 11.9. The summed E-state index contributed by atoms with van der Waals surface area (Å²) in [7, 11) is 0. The summed E-state index contributed by atoms with van der Waals surface area (Å²) in [5.41, 5.74) is 0.533. The minimum absolute atomic E-state index is 0.533. The van der Waals surface area contributed by atoms with Gasteiger partial charge in [0, 0.05) is 0 Å². The first-order chi connectivity index (χ1) is 8.87. The summed E-state index contributed by atoms with van der Waals surface area (Å²) in [5, 5.41) is 0. The number of unbranched alkanes of at least 4 members (excludes halogenated alkanes) is 1. The van der Waals surface area contributed by atoms with Crippen molar-refractivity contribution in [3.63, 3.8) is 0 Å². The van der Waals surface area contributed by atoms with E-state index in [0.717, 1.165) is 5.92 Å². The van der Waals surface area contributed by atoms with Crippen LogP contribution in [-0.4, -0.2) is 6.79 Å². The second-order valence-corrected chi connectivity index (χ2v) is 5.66. The van der Waals surface area contributed by atoms with Crippen LogP contribution in [0.1, 0.15) is 64.7 Å². The lowest BCUT2D eigenvalue weighted by atomic mass is 9.63. The molecule has 0 aromatic carbocycles. The third-order valence-corrected chi connectivity index (χ3v) is 4.59. The lowest BCUT2D eigenvalue weighted by Crippen LogP contribution is -2.31. The monoisotopic (exact) mass is 248 g/mol. The zero-order chi connectivity index (χ0) is 13.3. The summed E-state index contributed by atoms with van der Waals surface area (Å²) >= 11 is 0. The van der Waals surface area contributed by atoms with E-state index >= 15 is 0 Å². The lowest BCUT2D eigenvalue weighted by molar-refractivity contribution is -0.0979. The van der Waals surface area contributed by atoms with E-state index < -0.39 is 0 Å². The standard InChI is InChI=1S/C16H26.CH2O/c1-2-3-12-16(13-8-5-9-14-16)15-10-6-4-7-11-15;1-2/h5,8-9,13,15H,2-4,6-7,10-12,14H2,1H3;1H2. The third kappa shape index (κ3) is 3.83. The average Bonchev–Trinajstić information content (AvgIpc) is 2.49. The Balaban J connectivity index is 0.000000771. The van der Waals surface area contributed by atoms with E-state index in [-0.39, 0.29) is 0 Å². The van der Waals surface area contributed by atoms with Crippen molar-refractivity contribution in [2.45, 2.75) is 64.7 Å². The average molecular weight is 248 g/mol. The predicted octanol–water partition coefficient (Wildman–Crippen LogP) is 5.07. The van der Waals surface area contributed by atoms with Crippen LogP contribution in [0.3, 0.4) is 0 Å². The Bertz CT molecular complexity index is 273. The minimum Gasteiger partial charge on any atom is -0.307 e. The summed E-state index contributed by atoms with van der Waals surface area (Å²) in [6, 6.07) is 0. The molecule has 18 heavy (non-hydrogen) atoms. The van der Waals surface area contributed by atoms with Crippen molar-refractivity contribution in [1.82, 2.24) is 0 Å². The maximum Gasteiger partial charge on any atom is 0.106 e. The molecule has 2 aliphatic rings. The highest BCUT2D eigenvalue weighted by atomic mass is 16.1. The van der Waals surface area contributed by atoms with Gasteiger partial charge in [0.25, 0.3) is 0 Å². The van der Waals surface area contributed by atoms with E-state index in [2.05, 4.69) is 31.2 Å². The van der Waals surface area contributed by atoms with Gasteiger partial charge in [-0.25, -0.2) is 0 Å². The van der Waals surface area contributed by atoms with Crippen LogP contribution in [0, 0.1) is 11.3 Å². The van der Waals surface area contributed by atoms with E-state index in [1.54, 1.807) is 0 Å². The normalized spacial score (nSPS) is 27.6. The molecule has 0 N–H and O–H groups in total. The molecular weight excluding hydrogens is 220 g/mol. The molecule has 0 radical (unpaired) electrons. The fraction of sp³-hybridized carbons (Fsp3) is 0.706. The lowest BCUT2D eigenvalue weighted by Gasteiger charge is -2.41. The maximum atomic E-state index is 8.00. The van der Waals surface area contributed by atoms with Crippen molar-refractivity contribution < 1.29 is 4.79 Å². The Labute approximate surface area is 112 Å². The van der Waals surface area contributed by atoms with Gasteiger partial charge in [-0.2, -0.15) is 0 Å². The van der Waals surface area contributed by atoms with Crippen molar-refractivity contribution in [3.05, 3.63) is 24.3 Å². The van der Waals surface area contributed by atoms with Crippen LogP contribution < -0.4 is 0 Å². The summed E-state index contributed by atoms with van der Waals surface area (Å²) in [4.78, 5) is 8.00. The van der Waals surface area contributed by atoms with E-state index in [4.69, 9.17) is 4.79 Å². The molecule has 1 saturated carbocycles. The van der Waals surface area contributed by atoms with E-state index in [1.165, 1.54) is 57.8 Å². The zero-order valence-corrected chi connectivity index (χ0v) is 11.9. The van der Waals surface area contributed by atoms with Gasteiger partial charge in [-0.05, 0) is 37.0 Å². The van der Waals surface area contributed by atoms with Crippen molar-refractivity contribution in [2.75, 3.05) is 0 Å². The number of allylic oxidation sites excluding steroid dienone is 4. The summed E-state index contributed by atoms with van der Waals surface area (Å²) in [5.74, 6) is 0.967. The molecule has 0 saturated heterocycles. The van der Waals surface area contributed by atoms with Gasteiger partial charge in [0.2, 0.25) is 0 Å². The largest absolute Gasteiger partial charge is 0.307 e. The molecule has 1 fully saturated rings. The molecule has 1 atom stereocenters. The molecule has 102 valence electrons. The molecule has 1 heteroatoms. The van der Waals surface area contributed by atoms with Gasteiger partial charge in [0.15, 0.2) is 0 Å². The second-order valence-electron chi connectivity index (χ2n) is 5.66. The topological polar surface area (TPSA) is 17.1 Å². The predicted molar refractivity (Wildman–Crippen MR) is 78.6 cm³/mol. The van der Waals surface area contributed by atoms with Gasteiger partial charge >= 0.3 is 0 Å². The van der Waals surface area contributed by atoms with Crippen molar-refractivity contribution in [1.29, 1.82) is 0 Å². The maximum absolute atomic E-state index is 8.00. The summed E-state index contributed by atoms with van der Waals surface area (Å²) < 4.78 is 0. The molecule has 2 aliphatic carbocycles. The number of hydrogen-bond donors (Lipinski definition) is 0. The first kappa shape index (κ1) is 15.2. The molecule has 0 aliphatic heterocycles. The molecule has 0 aromatic rings. The van der Waals surface area contributed by atoms with E-state index in [0.29, 0.717) is 5.41 Å². The van der Waals surface area contributed by atoms with Crippen LogP contribution in [0.15, 0.2) is 24.3 Å². The molecule has 1 unspecified atom stereocenters. The van der Waals surface area contributed by atoms with Gasteiger partial charge in [-0.3, -0.25) is 0 Å². The second kappa shape index (κ2) is 8.29. The van der Waals surface area contributed by atoms with E-state index in [9.17, 15) is 0 Å². The molecule has 0 amide bonds. The van der Waals surface area contributed by atoms with Crippen LogP contribution >= 0.6 is 0 Å². The number of carbonyl (C=O) groups excluding carboxylic acids is 1. The number of rotatable bonds is 4. The summed E-state index contributed by atoms with van der Waals surface area (Å²) in [6.45, 7) is 4.32. The van der Waals surface area contributed by atoms with Crippen molar-refractivity contribution in [3.8, 4) is 0 Å². The SMILES string of the molecule is C=O.CCCCC1(C2CCCCC2)C=CC=CC1. The van der Waals surface area contributed by atoms with Crippen LogP contribution in [0.4, 0.5) is 0 Å². The molecular formula is C17H28O. The fourth-order valence-corrected chi connectivity index (χ4v) is 3.56. The third-order valence-electron chi connectivity index (χ3n) is 4.59. The highest BCUT2D eigenvalue weighted by molar-refractivity contribution is 5.18.